The van der Waals surface area contributed by atoms with Gasteiger partial charge in [-0.15, -0.1) is 0 Å². The molecule has 1 unspecified atom stereocenters. The number of hydrogen-bond acceptors (Lipinski definition) is 6. The lowest BCUT2D eigenvalue weighted by Gasteiger charge is -2.14. The van der Waals surface area contributed by atoms with Crippen molar-refractivity contribution in [3.05, 3.63) is 80.4 Å². The van der Waals surface area contributed by atoms with Crippen LogP contribution >= 0.6 is 0 Å². The number of rotatable bonds is 6. The summed E-state index contributed by atoms with van der Waals surface area (Å²) in [5.74, 6) is -0.296. The molecule has 148 valence electrons. The van der Waals surface area contributed by atoms with Crippen molar-refractivity contribution in [1.29, 1.82) is 0 Å². The fourth-order valence-corrected chi connectivity index (χ4v) is 2.92. The minimum atomic E-state index is -0.746. The van der Waals surface area contributed by atoms with Gasteiger partial charge in [0.05, 0.1) is 34.6 Å². The average molecular weight is 395 g/mol. The van der Waals surface area contributed by atoms with E-state index in [1.807, 2.05) is 36.4 Å². The molecule has 0 fully saturated rings. The van der Waals surface area contributed by atoms with Gasteiger partial charge in [0.1, 0.15) is 5.75 Å². The monoisotopic (exact) mass is 395 g/mol. The summed E-state index contributed by atoms with van der Waals surface area (Å²) in [7, 11) is 1.58. The van der Waals surface area contributed by atoms with Crippen molar-refractivity contribution in [2.75, 3.05) is 12.4 Å². The standard InChI is InChI=1S/C20H17N3O6/c1-12(13-3-4-15-8-19(29-2)6-5-14(15)7-13)20(24)21-16-9-17(22(25)26)11-18(10-16)23(27)28/h3-12H,1-2H3,(H,21,24). The molecule has 0 aliphatic rings. The van der Waals surface area contributed by atoms with E-state index in [2.05, 4.69) is 5.32 Å². The summed E-state index contributed by atoms with van der Waals surface area (Å²) in [5.41, 5.74) is -0.211. The first kappa shape index (κ1) is 19.7. The molecular weight excluding hydrogens is 378 g/mol. The molecule has 0 bridgehead atoms. The SMILES string of the molecule is COc1ccc2cc(C(C)C(=O)Nc3cc([N+](=O)[O-])cc([N+](=O)[O-])c3)ccc2c1. The maximum Gasteiger partial charge on any atom is 0.278 e. The fraction of sp³-hybridized carbons (Fsp3) is 0.150. The van der Waals surface area contributed by atoms with E-state index < -0.39 is 33.0 Å². The van der Waals surface area contributed by atoms with Crippen LogP contribution in [0.25, 0.3) is 10.8 Å². The van der Waals surface area contributed by atoms with Crippen molar-refractivity contribution in [1.82, 2.24) is 0 Å². The molecule has 1 amide bonds. The van der Waals surface area contributed by atoms with Crippen LogP contribution in [0.2, 0.25) is 0 Å². The van der Waals surface area contributed by atoms with E-state index >= 15 is 0 Å². The van der Waals surface area contributed by atoms with Crippen LogP contribution in [0.4, 0.5) is 17.1 Å². The van der Waals surface area contributed by atoms with Gasteiger partial charge in [0.15, 0.2) is 0 Å². The van der Waals surface area contributed by atoms with Gasteiger partial charge in [-0.1, -0.05) is 24.3 Å². The van der Waals surface area contributed by atoms with Crippen LogP contribution in [0.3, 0.4) is 0 Å². The Morgan fingerprint density at radius 2 is 1.52 bits per heavy atom. The van der Waals surface area contributed by atoms with Crippen molar-refractivity contribution in [3.63, 3.8) is 0 Å². The van der Waals surface area contributed by atoms with Crippen LogP contribution in [0.5, 0.6) is 5.75 Å². The highest BCUT2D eigenvalue weighted by molar-refractivity contribution is 5.97. The molecule has 3 rings (SSSR count). The zero-order valence-corrected chi connectivity index (χ0v) is 15.6. The minimum absolute atomic E-state index is 0.00623. The van der Waals surface area contributed by atoms with E-state index in [0.717, 1.165) is 40.3 Å². The topological polar surface area (TPSA) is 125 Å². The molecule has 1 N–H and O–H groups in total. The predicted octanol–water partition coefficient (Wildman–Crippen LogP) is 4.41. The minimum Gasteiger partial charge on any atom is -0.497 e. The van der Waals surface area contributed by atoms with Gasteiger partial charge >= 0.3 is 0 Å². The second-order valence-electron chi connectivity index (χ2n) is 6.44. The van der Waals surface area contributed by atoms with Crippen molar-refractivity contribution in [2.24, 2.45) is 0 Å². The molecule has 0 aliphatic heterocycles. The van der Waals surface area contributed by atoms with Crippen molar-refractivity contribution in [2.45, 2.75) is 12.8 Å². The number of ether oxygens (including phenoxy) is 1. The summed E-state index contributed by atoms with van der Waals surface area (Å²) in [5, 5.41) is 26.4. The summed E-state index contributed by atoms with van der Waals surface area (Å²) in [6.45, 7) is 1.69. The van der Waals surface area contributed by atoms with Gasteiger partial charge in [0.25, 0.3) is 11.4 Å². The molecule has 0 spiro atoms. The molecule has 0 radical (unpaired) electrons. The number of methoxy groups -OCH3 is 1. The Bertz CT molecular complexity index is 1100. The second kappa shape index (κ2) is 7.93. The van der Waals surface area contributed by atoms with Crippen LogP contribution in [-0.4, -0.2) is 22.9 Å². The lowest BCUT2D eigenvalue weighted by atomic mass is 9.97. The number of nitro benzene ring substituents is 2. The molecule has 0 aliphatic carbocycles. The summed E-state index contributed by atoms with van der Waals surface area (Å²) >= 11 is 0. The Hall–Kier alpha value is -4.01. The number of carbonyl (C=O) groups is 1. The Labute approximate surface area is 165 Å². The van der Waals surface area contributed by atoms with Crippen LogP contribution in [0, 0.1) is 20.2 Å². The summed E-state index contributed by atoms with van der Waals surface area (Å²) < 4.78 is 5.20. The number of fused-ring (bicyclic) bond motifs is 1. The average Bonchev–Trinajstić information content (AvgIpc) is 2.71. The van der Waals surface area contributed by atoms with Crippen LogP contribution in [0.1, 0.15) is 18.4 Å². The van der Waals surface area contributed by atoms with E-state index in [0.29, 0.717) is 0 Å². The molecule has 9 heteroatoms. The van der Waals surface area contributed by atoms with E-state index in [1.54, 1.807) is 14.0 Å². The largest absolute Gasteiger partial charge is 0.497 e. The van der Waals surface area contributed by atoms with Gasteiger partial charge in [-0.25, -0.2) is 0 Å². The highest BCUT2D eigenvalue weighted by Crippen LogP contribution is 2.28. The van der Waals surface area contributed by atoms with Crippen molar-refractivity contribution in [3.8, 4) is 5.75 Å². The smallest absolute Gasteiger partial charge is 0.278 e. The second-order valence-corrected chi connectivity index (χ2v) is 6.44. The number of nitrogens with zero attached hydrogens (tertiary/aromatic N) is 2. The number of amides is 1. The summed E-state index contributed by atoms with van der Waals surface area (Å²) in [6.07, 6.45) is 0. The molecule has 0 saturated carbocycles. The molecule has 0 saturated heterocycles. The fourth-order valence-electron chi connectivity index (χ4n) is 2.92. The van der Waals surface area contributed by atoms with Crippen molar-refractivity contribution < 1.29 is 19.4 Å². The third-order valence-corrected chi connectivity index (χ3v) is 4.56. The maximum atomic E-state index is 12.6. The number of anilines is 1. The van der Waals surface area contributed by atoms with Crippen LogP contribution in [-0.2, 0) is 4.79 Å². The number of carbonyl (C=O) groups excluding carboxylic acids is 1. The number of nitrogens with one attached hydrogen (secondary N) is 1. The van der Waals surface area contributed by atoms with E-state index in [-0.39, 0.29) is 5.69 Å². The molecular formula is C20H17N3O6. The van der Waals surface area contributed by atoms with E-state index in [4.69, 9.17) is 4.74 Å². The van der Waals surface area contributed by atoms with Crippen LogP contribution < -0.4 is 10.1 Å². The quantitative estimate of drug-likeness (QED) is 0.487. The molecule has 1 atom stereocenters. The highest BCUT2D eigenvalue weighted by atomic mass is 16.6. The van der Waals surface area contributed by atoms with Gasteiger partial charge in [-0.2, -0.15) is 0 Å². The Kier molecular flexibility index (Phi) is 5.40. The first-order chi connectivity index (χ1) is 13.8. The van der Waals surface area contributed by atoms with Gasteiger partial charge < -0.3 is 10.1 Å². The number of hydrogen-bond donors (Lipinski definition) is 1. The highest BCUT2D eigenvalue weighted by Gasteiger charge is 2.20. The number of nitro groups is 2. The Morgan fingerprint density at radius 1 is 0.931 bits per heavy atom. The zero-order chi connectivity index (χ0) is 21.1. The van der Waals surface area contributed by atoms with Gasteiger partial charge in [0, 0.05) is 12.1 Å². The molecule has 9 nitrogen and oxygen atoms in total. The molecule has 3 aromatic carbocycles. The molecule has 3 aromatic rings. The lowest BCUT2D eigenvalue weighted by molar-refractivity contribution is -0.394. The van der Waals surface area contributed by atoms with Gasteiger partial charge in [-0.3, -0.25) is 25.0 Å². The van der Waals surface area contributed by atoms with Crippen LogP contribution in [0.15, 0.2) is 54.6 Å². The first-order valence-electron chi connectivity index (χ1n) is 8.61. The van der Waals surface area contributed by atoms with Gasteiger partial charge in [-0.05, 0) is 35.4 Å². The van der Waals surface area contributed by atoms with E-state index in [9.17, 15) is 25.0 Å². The maximum absolute atomic E-state index is 12.6. The Morgan fingerprint density at radius 3 is 2.10 bits per heavy atom. The molecule has 29 heavy (non-hydrogen) atoms. The summed E-state index contributed by atoms with van der Waals surface area (Å²) in [6, 6.07) is 14.1. The lowest BCUT2D eigenvalue weighted by Crippen LogP contribution is -2.19. The number of benzene rings is 3. The predicted molar refractivity (Wildman–Crippen MR) is 107 cm³/mol. The Balaban J connectivity index is 1.86. The molecule has 0 aromatic heterocycles. The first-order valence-corrected chi connectivity index (χ1v) is 8.61. The van der Waals surface area contributed by atoms with E-state index in [1.165, 1.54) is 0 Å². The number of non-ortho nitro benzene ring substituents is 2. The third-order valence-electron chi connectivity index (χ3n) is 4.56. The normalized spacial score (nSPS) is 11.7. The van der Waals surface area contributed by atoms with Crippen molar-refractivity contribution >= 4 is 33.7 Å². The third kappa shape index (κ3) is 4.29. The zero-order valence-electron chi connectivity index (χ0n) is 15.6. The summed E-state index contributed by atoms with van der Waals surface area (Å²) in [4.78, 5) is 33.1. The van der Waals surface area contributed by atoms with Gasteiger partial charge in [0.2, 0.25) is 5.91 Å². The molecule has 0 heterocycles.